The van der Waals surface area contributed by atoms with E-state index in [1.54, 1.807) is 4.57 Å². The van der Waals surface area contributed by atoms with E-state index in [1.165, 1.54) is 12.7 Å². The van der Waals surface area contributed by atoms with Gasteiger partial charge in [-0.25, -0.2) is 15.0 Å². The fourth-order valence-corrected chi connectivity index (χ4v) is 2.67. The van der Waals surface area contributed by atoms with E-state index in [4.69, 9.17) is 15.2 Å². The van der Waals surface area contributed by atoms with Crippen LogP contribution in [-0.2, 0) is 9.47 Å². The van der Waals surface area contributed by atoms with Crippen molar-refractivity contribution >= 4 is 17.0 Å². The molecule has 3 rings (SSSR count). The number of anilines is 1. The average Bonchev–Trinajstić information content (AvgIpc) is 3.08. The van der Waals surface area contributed by atoms with Crippen LogP contribution in [0.2, 0.25) is 0 Å². The molecule has 1 fully saturated rings. The fraction of sp³-hybridized carbons (Fsp3) is 0.667. The van der Waals surface area contributed by atoms with Crippen LogP contribution in [0.15, 0.2) is 12.7 Å². The number of ether oxygens (including phenoxy) is 2. The Morgan fingerprint density at radius 1 is 1.29 bits per heavy atom. The summed E-state index contributed by atoms with van der Waals surface area (Å²) in [4.78, 5) is 12.2. The van der Waals surface area contributed by atoms with Crippen molar-refractivity contribution in [3.05, 3.63) is 12.7 Å². The number of nitrogens with zero attached hydrogens (tertiary/aromatic N) is 4. The lowest BCUT2D eigenvalue weighted by Gasteiger charge is -2.16. The number of hydrogen-bond acceptors (Lipinski definition) is 8. The predicted octanol–water partition coefficient (Wildman–Crippen LogP) is 0.0904. The van der Waals surface area contributed by atoms with Crippen molar-refractivity contribution in [1.82, 2.24) is 19.5 Å². The van der Waals surface area contributed by atoms with Gasteiger partial charge < -0.3 is 25.4 Å². The van der Waals surface area contributed by atoms with E-state index < -0.39 is 24.5 Å². The molecule has 0 bridgehead atoms. The van der Waals surface area contributed by atoms with Crippen LogP contribution in [0.3, 0.4) is 0 Å². The van der Waals surface area contributed by atoms with Gasteiger partial charge in [-0.15, -0.1) is 0 Å². The van der Waals surface area contributed by atoms with Crippen molar-refractivity contribution in [2.75, 3.05) is 18.9 Å². The Bertz CT molecular complexity index is 692. The molecule has 9 nitrogen and oxygen atoms in total. The SMILES string of the molecule is CC(C)CCOC[C@H]1O[C@@H](n2cnc3c(N)ncnc32)[C@H](O)[C@@H]1O. The predicted molar refractivity (Wildman–Crippen MR) is 85.9 cm³/mol. The van der Waals surface area contributed by atoms with E-state index in [0.29, 0.717) is 23.7 Å². The first kappa shape index (κ1) is 17.0. The molecule has 0 radical (unpaired) electrons. The lowest BCUT2D eigenvalue weighted by molar-refractivity contribution is -0.0662. The Kier molecular flexibility index (Phi) is 4.95. The zero-order valence-corrected chi connectivity index (χ0v) is 13.7. The summed E-state index contributed by atoms with van der Waals surface area (Å²) in [6.45, 7) is 5.03. The molecule has 0 aliphatic carbocycles. The first-order valence-electron chi connectivity index (χ1n) is 8.01. The summed E-state index contributed by atoms with van der Waals surface area (Å²) >= 11 is 0. The fourth-order valence-electron chi connectivity index (χ4n) is 2.67. The molecule has 4 N–H and O–H groups in total. The van der Waals surface area contributed by atoms with Crippen molar-refractivity contribution in [2.24, 2.45) is 5.92 Å². The highest BCUT2D eigenvalue weighted by Crippen LogP contribution is 2.32. The molecule has 0 unspecified atom stereocenters. The third-order valence-corrected chi connectivity index (χ3v) is 4.12. The minimum absolute atomic E-state index is 0.213. The number of nitrogens with two attached hydrogens (primary N) is 1. The van der Waals surface area contributed by atoms with Crippen LogP contribution in [0, 0.1) is 5.92 Å². The molecule has 0 saturated carbocycles. The third kappa shape index (κ3) is 3.20. The smallest absolute Gasteiger partial charge is 0.167 e. The molecule has 0 spiro atoms. The van der Waals surface area contributed by atoms with E-state index >= 15 is 0 Å². The molecule has 1 aliphatic heterocycles. The lowest BCUT2D eigenvalue weighted by atomic mass is 10.1. The average molecular weight is 337 g/mol. The highest BCUT2D eigenvalue weighted by atomic mass is 16.6. The zero-order valence-electron chi connectivity index (χ0n) is 13.7. The van der Waals surface area contributed by atoms with Crippen molar-refractivity contribution < 1.29 is 19.7 Å². The van der Waals surface area contributed by atoms with Crippen molar-refractivity contribution in [1.29, 1.82) is 0 Å². The van der Waals surface area contributed by atoms with Crippen molar-refractivity contribution in [3.8, 4) is 0 Å². The molecule has 9 heteroatoms. The first-order chi connectivity index (χ1) is 11.5. The van der Waals surface area contributed by atoms with Gasteiger partial charge in [-0.2, -0.15) is 0 Å². The van der Waals surface area contributed by atoms with Crippen LogP contribution in [0.1, 0.15) is 26.5 Å². The van der Waals surface area contributed by atoms with Gasteiger partial charge in [-0.1, -0.05) is 13.8 Å². The number of nitrogen functional groups attached to an aromatic ring is 1. The van der Waals surface area contributed by atoms with Crippen LogP contribution >= 0.6 is 0 Å². The standard InChI is InChI=1S/C15H23N5O4/c1-8(2)3-4-23-5-9-11(21)12(22)15(24-9)20-7-19-10-13(16)17-6-18-14(10)20/h6-9,11-12,15,21-22H,3-5H2,1-2H3,(H2,16,17,18)/t9-,11-,12-,15-/m1/s1. The molecule has 4 atom stereocenters. The third-order valence-electron chi connectivity index (χ3n) is 4.12. The van der Waals surface area contributed by atoms with Crippen LogP contribution in [-0.4, -0.2) is 61.3 Å². The maximum absolute atomic E-state index is 10.3. The van der Waals surface area contributed by atoms with E-state index in [1.807, 2.05) is 0 Å². The van der Waals surface area contributed by atoms with E-state index in [-0.39, 0.29) is 12.4 Å². The van der Waals surface area contributed by atoms with Gasteiger partial charge in [0.1, 0.15) is 30.2 Å². The molecule has 0 amide bonds. The Labute approximate surface area is 139 Å². The lowest BCUT2D eigenvalue weighted by Crippen LogP contribution is -2.34. The van der Waals surface area contributed by atoms with Gasteiger partial charge >= 0.3 is 0 Å². The summed E-state index contributed by atoms with van der Waals surface area (Å²) in [6.07, 6.45) is 0.130. The topological polar surface area (TPSA) is 129 Å². The molecule has 3 heterocycles. The maximum atomic E-state index is 10.3. The molecule has 1 saturated heterocycles. The number of hydrogen-bond donors (Lipinski definition) is 3. The van der Waals surface area contributed by atoms with Gasteiger partial charge in [0.2, 0.25) is 0 Å². The van der Waals surface area contributed by atoms with Gasteiger partial charge in [0.05, 0.1) is 12.9 Å². The summed E-state index contributed by atoms with van der Waals surface area (Å²) in [6, 6.07) is 0. The molecule has 132 valence electrons. The Morgan fingerprint density at radius 2 is 2.08 bits per heavy atom. The summed E-state index contributed by atoms with van der Waals surface area (Å²) in [5, 5.41) is 20.5. The highest BCUT2D eigenvalue weighted by molar-refractivity contribution is 5.81. The highest BCUT2D eigenvalue weighted by Gasteiger charge is 2.44. The van der Waals surface area contributed by atoms with Gasteiger partial charge in [-0.3, -0.25) is 4.57 Å². The molecule has 1 aliphatic rings. The van der Waals surface area contributed by atoms with Crippen LogP contribution in [0.5, 0.6) is 0 Å². The van der Waals surface area contributed by atoms with Crippen LogP contribution in [0.25, 0.3) is 11.2 Å². The number of imidazole rings is 1. The van der Waals surface area contributed by atoms with Crippen molar-refractivity contribution in [2.45, 2.75) is 44.8 Å². The summed E-state index contributed by atoms with van der Waals surface area (Å²) < 4.78 is 12.9. The number of aliphatic hydroxyl groups is 2. The zero-order chi connectivity index (χ0) is 17.3. The Hall–Kier alpha value is -1.81. The summed E-state index contributed by atoms with van der Waals surface area (Å²) in [5.74, 6) is 0.792. The molecule has 2 aromatic heterocycles. The maximum Gasteiger partial charge on any atom is 0.167 e. The van der Waals surface area contributed by atoms with Crippen molar-refractivity contribution in [3.63, 3.8) is 0 Å². The second-order valence-electron chi connectivity index (χ2n) is 6.39. The largest absolute Gasteiger partial charge is 0.387 e. The second-order valence-corrected chi connectivity index (χ2v) is 6.39. The normalized spacial score (nSPS) is 27.4. The summed E-state index contributed by atoms with van der Waals surface area (Å²) in [7, 11) is 0. The number of fused-ring (bicyclic) bond motifs is 1. The summed E-state index contributed by atoms with van der Waals surface area (Å²) in [5.41, 5.74) is 6.64. The van der Waals surface area contributed by atoms with Gasteiger partial charge in [0.25, 0.3) is 0 Å². The van der Waals surface area contributed by atoms with E-state index in [9.17, 15) is 10.2 Å². The molecule has 0 aromatic carbocycles. The minimum Gasteiger partial charge on any atom is -0.387 e. The van der Waals surface area contributed by atoms with E-state index in [2.05, 4.69) is 28.8 Å². The second kappa shape index (κ2) is 6.98. The minimum atomic E-state index is -1.11. The Morgan fingerprint density at radius 3 is 2.83 bits per heavy atom. The van der Waals surface area contributed by atoms with Crippen LogP contribution < -0.4 is 5.73 Å². The first-order valence-corrected chi connectivity index (χ1v) is 8.01. The molecular formula is C15H23N5O4. The van der Waals surface area contributed by atoms with Gasteiger partial charge in [0, 0.05) is 6.61 Å². The molecule has 24 heavy (non-hydrogen) atoms. The number of aromatic nitrogens is 4. The quantitative estimate of drug-likeness (QED) is 0.633. The Balaban J connectivity index is 1.71. The monoisotopic (exact) mass is 337 g/mol. The van der Waals surface area contributed by atoms with Gasteiger partial charge in [-0.05, 0) is 12.3 Å². The number of rotatable bonds is 6. The van der Waals surface area contributed by atoms with Gasteiger partial charge in [0.15, 0.2) is 17.7 Å². The van der Waals surface area contributed by atoms with Crippen LogP contribution in [0.4, 0.5) is 5.82 Å². The van der Waals surface area contributed by atoms with E-state index in [0.717, 1.165) is 6.42 Å². The number of aliphatic hydroxyl groups excluding tert-OH is 2. The molecular weight excluding hydrogens is 314 g/mol. The molecule has 2 aromatic rings.